The molecule has 0 bridgehead atoms. The average molecular weight is 362 g/mol. The molecule has 2 aliphatic rings. The van der Waals surface area contributed by atoms with Gasteiger partial charge in [-0.15, -0.1) is 0 Å². The van der Waals surface area contributed by atoms with Crippen molar-refractivity contribution >= 4 is 17.8 Å². The Morgan fingerprint density at radius 1 is 1.42 bits per heavy atom. The molecule has 1 saturated heterocycles. The molecule has 1 atom stereocenters. The van der Waals surface area contributed by atoms with Gasteiger partial charge in [-0.05, 0) is 43.0 Å². The average Bonchev–Trinajstić information content (AvgIpc) is 3.10. The Kier molecular flexibility index (Phi) is 6.21. The third-order valence-electron chi connectivity index (χ3n) is 5.43. The first-order chi connectivity index (χ1) is 12.6. The highest BCUT2D eigenvalue weighted by Crippen LogP contribution is 2.35. The number of hydroxylamine groups is 1. The fourth-order valence-electron chi connectivity index (χ4n) is 4.12. The van der Waals surface area contributed by atoms with Crippen LogP contribution in [0.5, 0.6) is 0 Å². The molecule has 6 nitrogen and oxygen atoms in total. The van der Waals surface area contributed by atoms with Gasteiger partial charge in [0.1, 0.15) is 0 Å². The van der Waals surface area contributed by atoms with E-state index in [1.54, 1.807) is 0 Å². The van der Waals surface area contributed by atoms with E-state index in [0.29, 0.717) is 11.5 Å². The van der Waals surface area contributed by atoms with E-state index in [4.69, 9.17) is 5.21 Å². The molecule has 2 fully saturated rings. The van der Waals surface area contributed by atoms with Crippen LogP contribution < -0.4 is 16.1 Å². The van der Waals surface area contributed by atoms with Gasteiger partial charge in [0.2, 0.25) is 0 Å². The van der Waals surface area contributed by atoms with Gasteiger partial charge < -0.3 is 10.6 Å². The summed E-state index contributed by atoms with van der Waals surface area (Å²) in [5.74, 6) is -0.158. The van der Waals surface area contributed by atoms with Crippen molar-refractivity contribution in [3.05, 3.63) is 29.7 Å². The third-order valence-corrected chi connectivity index (χ3v) is 5.43. The summed E-state index contributed by atoms with van der Waals surface area (Å²) in [6.07, 6.45) is 12.5. The molecule has 2 heterocycles. The van der Waals surface area contributed by atoms with Crippen LogP contribution in [0.25, 0.3) is 6.08 Å². The normalized spacial score (nSPS) is 24.1. The van der Waals surface area contributed by atoms with Crippen LogP contribution in [0.1, 0.15) is 50.5 Å². The van der Waals surface area contributed by atoms with Crippen LogP contribution in [0, 0.1) is 11.7 Å². The van der Waals surface area contributed by atoms with Crippen LogP contribution in [0.2, 0.25) is 0 Å². The lowest BCUT2D eigenvalue weighted by Crippen LogP contribution is -2.43. The SMILES string of the molecule is O=C(/C=C/c1cnc(N[C@]2(CC3CCCCC3)CCNC2)c(F)c1)NO. The fourth-order valence-corrected chi connectivity index (χ4v) is 4.12. The molecule has 26 heavy (non-hydrogen) atoms. The maximum atomic E-state index is 14.5. The maximum absolute atomic E-state index is 14.5. The van der Waals surface area contributed by atoms with E-state index in [0.717, 1.165) is 32.0 Å². The number of hydrogen-bond acceptors (Lipinski definition) is 5. The van der Waals surface area contributed by atoms with Gasteiger partial charge >= 0.3 is 0 Å². The summed E-state index contributed by atoms with van der Waals surface area (Å²) in [7, 11) is 0. The Balaban J connectivity index is 1.70. The van der Waals surface area contributed by atoms with Gasteiger partial charge in [-0.1, -0.05) is 32.1 Å². The maximum Gasteiger partial charge on any atom is 0.267 e. The van der Waals surface area contributed by atoms with Crippen LogP contribution >= 0.6 is 0 Å². The second-order valence-electron chi connectivity index (χ2n) is 7.45. The van der Waals surface area contributed by atoms with Crippen molar-refractivity contribution in [2.45, 2.75) is 50.5 Å². The third kappa shape index (κ3) is 4.80. The van der Waals surface area contributed by atoms with E-state index >= 15 is 0 Å². The van der Waals surface area contributed by atoms with Gasteiger partial charge in [0.05, 0.1) is 5.54 Å². The lowest BCUT2D eigenvalue weighted by Gasteiger charge is -2.35. The zero-order chi connectivity index (χ0) is 18.4. The van der Waals surface area contributed by atoms with Crippen molar-refractivity contribution in [1.82, 2.24) is 15.8 Å². The summed E-state index contributed by atoms with van der Waals surface area (Å²) < 4.78 is 14.5. The van der Waals surface area contributed by atoms with Crippen LogP contribution in [-0.2, 0) is 4.79 Å². The van der Waals surface area contributed by atoms with Gasteiger partial charge in [-0.2, -0.15) is 0 Å². The first-order valence-corrected chi connectivity index (χ1v) is 9.37. The number of amides is 1. The molecular weight excluding hydrogens is 335 g/mol. The molecule has 7 heteroatoms. The van der Waals surface area contributed by atoms with E-state index in [1.807, 2.05) is 0 Å². The minimum atomic E-state index is -0.670. The van der Waals surface area contributed by atoms with E-state index in [1.165, 1.54) is 55.9 Å². The first kappa shape index (κ1) is 18.8. The highest BCUT2D eigenvalue weighted by atomic mass is 19.1. The Morgan fingerprint density at radius 3 is 2.88 bits per heavy atom. The number of carbonyl (C=O) groups is 1. The number of aromatic nitrogens is 1. The lowest BCUT2D eigenvalue weighted by molar-refractivity contribution is -0.124. The molecule has 0 aromatic carbocycles. The van der Waals surface area contributed by atoms with Crippen molar-refractivity contribution in [3.63, 3.8) is 0 Å². The van der Waals surface area contributed by atoms with Gasteiger partial charge in [0.15, 0.2) is 11.6 Å². The molecule has 1 aromatic rings. The highest BCUT2D eigenvalue weighted by molar-refractivity contribution is 5.90. The predicted octanol–water partition coefficient (Wildman–Crippen LogP) is 2.85. The van der Waals surface area contributed by atoms with Crippen molar-refractivity contribution < 1.29 is 14.4 Å². The van der Waals surface area contributed by atoms with E-state index < -0.39 is 11.7 Å². The summed E-state index contributed by atoms with van der Waals surface area (Å²) in [5, 5.41) is 15.3. The van der Waals surface area contributed by atoms with Crippen molar-refractivity contribution in [2.75, 3.05) is 18.4 Å². The fraction of sp³-hybridized carbons (Fsp3) is 0.579. The predicted molar refractivity (Wildman–Crippen MR) is 98.2 cm³/mol. The van der Waals surface area contributed by atoms with E-state index in [9.17, 15) is 9.18 Å². The zero-order valence-electron chi connectivity index (χ0n) is 14.9. The van der Waals surface area contributed by atoms with Gasteiger partial charge in [0, 0.05) is 18.8 Å². The monoisotopic (exact) mass is 362 g/mol. The first-order valence-electron chi connectivity index (χ1n) is 9.37. The second-order valence-corrected chi connectivity index (χ2v) is 7.45. The summed E-state index contributed by atoms with van der Waals surface area (Å²) in [4.78, 5) is 15.2. The zero-order valence-corrected chi connectivity index (χ0v) is 14.9. The molecule has 1 aromatic heterocycles. The summed E-state index contributed by atoms with van der Waals surface area (Å²) in [5.41, 5.74) is 1.81. The molecule has 0 unspecified atom stereocenters. The number of halogens is 1. The lowest BCUT2D eigenvalue weighted by atomic mass is 9.79. The van der Waals surface area contributed by atoms with Crippen molar-refractivity contribution in [2.24, 2.45) is 5.92 Å². The number of nitrogens with zero attached hydrogens (tertiary/aromatic N) is 1. The van der Waals surface area contributed by atoms with Gasteiger partial charge in [-0.3, -0.25) is 10.0 Å². The standard InChI is InChI=1S/C19H27FN4O2/c20-16-10-15(6-7-17(25)24-26)12-22-18(16)23-19(8-9-21-13-19)11-14-4-2-1-3-5-14/h6-7,10,12,14,21,26H,1-5,8-9,11,13H2,(H,22,23)(H,24,25)/b7-6+/t19-/m0/s1. The Bertz CT molecular complexity index is 653. The molecule has 4 N–H and O–H groups in total. The number of pyridine rings is 1. The van der Waals surface area contributed by atoms with Crippen molar-refractivity contribution in [3.8, 4) is 0 Å². The number of carbonyl (C=O) groups excluding carboxylic acids is 1. The van der Waals surface area contributed by atoms with E-state index in [-0.39, 0.29) is 11.4 Å². The Labute approximate surface area is 153 Å². The van der Waals surface area contributed by atoms with Crippen LogP contribution in [0.15, 0.2) is 18.3 Å². The molecular formula is C19H27FN4O2. The highest BCUT2D eigenvalue weighted by Gasteiger charge is 2.37. The molecule has 1 aliphatic carbocycles. The summed E-state index contributed by atoms with van der Waals surface area (Å²) in [6.45, 7) is 1.75. The van der Waals surface area contributed by atoms with Crippen LogP contribution in [-0.4, -0.2) is 34.7 Å². The Hall–Kier alpha value is -1.99. The molecule has 3 rings (SSSR count). The quantitative estimate of drug-likeness (QED) is 0.355. The molecule has 1 saturated carbocycles. The van der Waals surface area contributed by atoms with Crippen LogP contribution in [0.3, 0.4) is 0 Å². The second kappa shape index (κ2) is 8.60. The molecule has 1 aliphatic heterocycles. The Morgan fingerprint density at radius 2 is 2.23 bits per heavy atom. The summed E-state index contributed by atoms with van der Waals surface area (Å²) in [6, 6.07) is 1.34. The largest absolute Gasteiger partial charge is 0.361 e. The van der Waals surface area contributed by atoms with E-state index in [2.05, 4.69) is 15.6 Å². The number of anilines is 1. The number of rotatable bonds is 6. The smallest absolute Gasteiger partial charge is 0.267 e. The van der Waals surface area contributed by atoms with Crippen LogP contribution in [0.4, 0.5) is 10.2 Å². The molecule has 1 amide bonds. The molecule has 142 valence electrons. The number of hydrogen-bond donors (Lipinski definition) is 4. The summed E-state index contributed by atoms with van der Waals surface area (Å²) >= 11 is 0. The number of nitrogens with one attached hydrogen (secondary N) is 3. The minimum Gasteiger partial charge on any atom is -0.361 e. The topological polar surface area (TPSA) is 86.3 Å². The van der Waals surface area contributed by atoms with Gasteiger partial charge in [-0.25, -0.2) is 14.9 Å². The van der Waals surface area contributed by atoms with Gasteiger partial charge in [0.25, 0.3) is 5.91 Å². The minimum absolute atomic E-state index is 0.149. The molecule has 0 radical (unpaired) electrons. The van der Waals surface area contributed by atoms with Crippen molar-refractivity contribution in [1.29, 1.82) is 0 Å². The molecule has 0 spiro atoms.